The Morgan fingerprint density at radius 1 is 1.08 bits per heavy atom. The van der Waals surface area contributed by atoms with E-state index in [2.05, 4.69) is 27.0 Å². The lowest BCUT2D eigenvalue weighted by Crippen LogP contribution is -2.44. The fraction of sp³-hybridized carbons (Fsp3) is 0.556. The van der Waals surface area contributed by atoms with Gasteiger partial charge in [-0.1, -0.05) is 0 Å². The molecule has 4 N–H and O–H groups in total. The highest BCUT2D eigenvalue weighted by Gasteiger charge is 2.34. The third-order valence-electron chi connectivity index (χ3n) is 5.39. The Bertz CT molecular complexity index is 720. The second-order valence-electron chi connectivity index (χ2n) is 7.01. The summed E-state index contributed by atoms with van der Waals surface area (Å²) in [4.78, 5) is 11.5. The predicted octanol–water partition coefficient (Wildman–Crippen LogP) is 1.52. The number of nitrogens with two attached hydrogens (primary N) is 2. The molecule has 1 aliphatic carbocycles. The van der Waals surface area contributed by atoms with Crippen molar-refractivity contribution in [2.24, 2.45) is 11.5 Å². The van der Waals surface area contributed by atoms with Gasteiger partial charge in [-0.05, 0) is 37.8 Å². The number of rotatable bonds is 2. The van der Waals surface area contributed by atoms with E-state index in [1.54, 1.807) is 12.4 Å². The van der Waals surface area contributed by atoms with Crippen molar-refractivity contribution < 1.29 is 4.74 Å². The first kappa shape index (κ1) is 15.7. The summed E-state index contributed by atoms with van der Waals surface area (Å²) in [5, 5.41) is 0. The smallest absolute Gasteiger partial charge is 0.0938 e. The molecule has 1 saturated heterocycles. The lowest BCUT2D eigenvalue weighted by atomic mass is 9.75. The van der Waals surface area contributed by atoms with Gasteiger partial charge in [-0.15, -0.1) is 0 Å². The number of fused-ring (bicyclic) bond motifs is 1. The van der Waals surface area contributed by atoms with Crippen LogP contribution in [-0.4, -0.2) is 42.3 Å². The normalized spacial score (nSPS) is 28.2. The van der Waals surface area contributed by atoms with Crippen LogP contribution in [0.5, 0.6) is 0 Å². The van der Waals surface area contributed by atoms with Crippen molar-refractivity contribution >= 4 is 16.7 Å². The van der Waals surface area contributed by atoms with E-state index < -0.39 is 0 Å². The van der Waals surface area contributed by atoms with E-state index in [0.717, 1.165) is 68.6 Å². The Balaban J connectivity index is 1.80. The van der Waals surface area contributed by atoms with Gasteiger partial charge in [0.1, 0.15) is 0 Å². The zero-order valence-electron chi connectivity index (χ0n) is 13.9. The van der Waals surface area contributed by atoms with Crippen molar-refractivity contribution in [1.82, 2.24) is 9.97 Å². The van der Waals surface area contributed by atoms with Crippen LogP contribution < -0.4 is 16.4 Å². The van der Waals surface area contributed by atoms with E-state index in [9.17, 15) is 0 Å². The Hall–Kier alpha value is -1.76. The molecule has 24 heavy (non-hydrogen) atoms. The Kier molecular flexibility index (Phi) is 4.12. The number of benzene rings is 1. The number of nitrogens with zero attached hydrogens (tertiary/aromatic N) is 3. The lowest BCUT2D eigenvalue weighted by Gasteiger charge is -2.38. The van der Waals surface area contributed by atoms with Crippen LogP contribution in [0.4, 0.5) is 5.69 Å². The van der Waals surface area contributed by atoms with Crippen LogP contribution in [0.2, 0.25) is 0 Å². The third kappa shape index (κ3) is 2.85. The third-order valence-corrected chi connectivity index (χ3v) is 5.39. The molecule has 2 fully saturated rings. The second kappa shape index (κ2) is 6.27. The summed E-state index contributed by atoms with van der Waals surface area (Å²) in [6.45, 7) is 3.31. The van der Waals surface area contributed by atoms with Crippen molar-refractivity contribution in [3.05, 3.63) is 30.1 Å². The number of hydrogen-bond acceptors (Lipinski definition) is 6. The van der Waals surface area contributed by atoms with Gasteiger partial charge in [-0.25, -0.2) is 0 Å². The van der Waals surface area contributed by atoms with Crippen molar-refractivity contribution in [2.75, 3.05) is 31.2 Å². The maximum atomic E-state index is 6.84. The van der Waals surface area contributed by atoms with Crippen molar-refractivity contribution in [2.45, 2.75) is 37.3 Å². The molecule has 2 aromatic rings. The lowest BCUT2D eigenvalue weighted by molar-refractivity contribution is 0.122. The maximum absolute atomic E-state index is 6.84. The van der Waals surface area contributed by atoms with Gasteiger partial charge >= 0.3 is 0 Å². The summed E-state index contributed by atoms with van der Waals surface area (Å²) in [7, 11) is 0. The molecule has 1 aliphatic heterocycles. The van der Waals surface area contributed by atoms with Gasteiger partial charge in [0.2, 0.25) is 0 Å². The minimum absolute atomic E-state index is 0.265. The van der Waals surface area contributed by atoms with Crippen LogP contribution in [0.3, 0.4) is 0 Å². The van der Waals surface area contributed by atoms with Crippen LogP contribution >= 0.6 is 0 Å². The molecule has 1 aromatic heterocycles. The monoisotopic (exact) mass is 327 g/mol. The summed E-state index contributed by atoms with van der Waals surface area (Å²) < 4.78 is 5.48. The molecule has 6 heteroatoms. The topological polar surface area (TPSA) is 90.3 Å². The van der Waals surface area contributed by atoms with Gasteiger partial charge in [0, 0.05) is 48.3 Å². The second-order valence-corrected chi connectivity index (χ2v) is 7.01. The summed E-state index contributed by atoms with van der Waals surface area (Å²) in [6.07, 6.45) is 7.20. The van der Waals surface area contributed by atoms with E-state index in [-0.39, 0.29) is 11.6 Å². The average Bonchev–Trinajstić information content (AvgIpc) is 2.64. The summed E-state index contributed by atoms with van der Waals surface area (Å²) in [6, 6.07) is 4.61. The Labute approximate surface area is 142 Å². The predicted molar refractivity (Wildman–Crippen MR) is 94.9 cm³/mol. The molecular formula is C18H25N5O. The SMILES string of the molecule is NC1CCC(N)(c2cc(N3CCOCC3)cc3nccnc23)CC1. The number of aromatic nitrogens is 2. The fourth-order valence-electron chi connectivity index (χ4n) is 3.87. The van der Waals surface area contributed by atoms with Gasteiger partial charge in [0.15, 0.2) is 0 Å². The highest BCUT2D eigenvalue weighted by atomic mass is 16.5. The highest BCUT2D eigenvalue weighted by Crippen LogP contribution is 2.39. The van der Waals surface area contributed by atoms with Crippen molar-refractivity contribution in [3.8, 4) is 0 Å². The molecule has 128 valence electrons. The van der Waals surface area contributed by atoms with E-state index in [1.165, 1.54) is 5.69 Å². The van der Waals surface area contributed by atoms with Gasteiger partial charge in [-0.3, -0.25) is 9.97 Å². The standard InChI is InChI=1S/C18H25N5O/c19-13-1-3-18(20,4-2-13)15-11-14(23-7-9-24-10-8-23)12-16-17(15)22-6-5-21-16/h5-6,11-13H,1-4,7-10,19-20H2. The van der Waals surface area contributed by atoms with E-state index in [0.29, 0.717) is 0 Å². The summed E-state index contributed by atoms with van der Waals surface area (Å²) >= 11 is 0. The van der Waals surface area contributed by atoms with Gasteiger partial charge in [0.05, 0.1) is 24.2 Å². The average molecular weight is 327 g/mol. The van der Waals surface area contributed by atoms with Crippen LogP contribution in [0.25, 0.3) is 11.0 Å². The van der Waals surface area contributed by atoms with Crippen molar-refractivity contribution in [1.29, 1.82) is 0 Å². The van der Waals surface area contributed by atoms with Crippen LogP contribution in [-0.2, 0) is 10.3 Å². The minimum Gasteiger partial charge on any atom is -0.378 e. The van der Waals surface area contributed by atoms with Gasteiger partial charge < -0.3 is 21.1 Å². The van der Waals surface area contributed by atoms with Crippen molar-refractivity contribution in [3.63, 3.8) is 0 Å². The fourth-order valence-corrected chi connectivity index (χ4v) is 3.87. The number of hydrogen-bond donors (Lipinski definition) is 2. The first-order valence-electron chi connectivity index (χ1n) is 8.78. The molecule has 0 radical (unpaired) electrons. The number of morpholine rings is 1. The van der Waals surface area contributed by atoms with Crippen LogP contribution in [0.15, 0.2) is 24.5 Å². The zero-order chi connectivity index (χ0) is 16.6. The van der Waals surface area contributed by atoms with E-state index in [1.807, 2.05) is 0 Å². The van der Waals surface area contributed by atoms with Crippen LogP contribution in [0, 0.1) is 0 Å². The largest absolute Gasteiger partial charge is 0.378 e. The molecular weight excluding hydrogens is 302 g/mol. The zero-order valence-corrected chi connectivity index (χ0v) is 13.9. The maximum Gasteiger partial charge on any atom is 0.0938 e. The van der Waals surface area contributed by atoms with E-state index in [4.69, 9.17) is 16.2 Å². The van der Waals surface area contributed by atoms with Gasteiger partial charge in [0.25, 0.3) is 0 Å². The van der Waals surface area contributed by atoms with Crippen LogP contribution in [0.1, 0.15) is 31.2 Å². The summed E-state index contributed by atoms with van der Waals surface area (Å²) in [5.41, 5.74) is 16.7. The molecule has 6 nitrogen and oxygen atoms in total. The minimum atomic E-state index is -0.369. The molecule has 0 bridgehead atoms. The Morgan fingerprint density at radius 3 is 2.54 bits per heavy atom. The van der Waals surface area contributed by atoms with Gasteiger partial charge in [-0.2, -0.15) is 0 Å². The molecule has 2 heterocycles. The molecule has 4 rings (SSSR count). The molecule has 2 aliphatic rings. The quantitative estimate of drug-likeness (QED) is 0.869. The number of anilines is 1. The highest BCUT2D eigenvalue weighted by molar-refractivity contribution is 5.83. The molecule has 1 saturated carbocycles. The summed E-state index contributed by atoms with van der Waals surface area (Å²) in [5.74, 6) is 0. The molecule has 0 spiro atoms. The molecule has 0 amide bonds. The molecule has 1 aromatic carbocycles. The Morgan fingerprint density at radius 2 is 1.79 bits per heavy atom. The number of ether oxygens (including phenoxy) is 1. The van der Waals surface area contributed by atoms with E-state index >= 15 is 0 Å². The first-order valence-corrected chi connectivity index (χ1v) is 8.78. The molecule has 0 unspecified atom stereocenters. The first-order chi connectivity index (χ1) is 11.7. The molecule has 0 atom stereocenters.